The summed E-state index contributed by atoms with van der Waals surface area (Å²) in [4.78, 5) is 0. The largest absolute Gasteiger partial charge is 0.489 e. The van der Waals surface area contributed by atoms with Crippen LogP contribution in [0.4, 0.5) is 0 Å². The van der Waals surface area contributed by atoms with E-state index in [1.165, 1.54) is 0 Å². The molecular weight excluding hydrogens is 1440 g/mol. The summed E-state index contributed by atoms with van der Waals surface area (Å²) in [5.74, 6) is 8.11. The minimum absolute atomic E-state index is 0.258. The second-order valence-electron chi connectivity index (χ2n) is 30.0. The summed E-state index contributed by atoms with van der Waals surface area (Å²) in [5, 5.41) is 0. The van der Waals surface area contributed by atoms with Crippen LogP contribution >= 0.6 is 0 Å². The molecule has 6 saturated heterocycles. The van der Waals surface area contributed by atoms with E-state index in [0.717, 1.165) is 217 Å². The van der Waals surface area contributed by atoms with E-state index in [2.05, 4.69) is 54.6 Å². The van der Waals surface area contributed by atoms with Crippen LogP contribution in [0, 0.1) is 0 Å². The van der Waals surface area contributed by atoms with Crippen LogP contribution in [0.15, 0.2) is 218 Å². The fourth-order valence-corrected chi connectivity index (χ4v) is 14.6. The van der Waals surface area contributed by atoms with Gasteiger partial charge in [0.2, 0.25) is 0 Å². The predicted molar refractivity (Wildman–Crippen MR) is 433 cm³/mol. The van der Waals surface area contributed by atoms with Crippen molar-refractivity contribution in [2.24, 2.45) is 0 Å². The Kier molecular flexibility index (Phi) is 26.9. The van der Waals surface area contributed by atoms with Gasteiger partial charge in [-0.15, -0.1) is 0 Å². The van der Waals surface area contributed by atoms with E-state index in [-0.39, 0.29) is 77.4 Å². The molecule has 0 aromatic heterocycles. The van der Waals surface area contributed by atoms with Crippen LogP contribution in [0.25, 0.3) is 33.4 Å². The van der Waals surface area contributed by atoms with E-state index < -0.39 is 0 Å². The number of ether oxygens (including phenoxy) is 18. The van der Waals surface area contributed by atoms with Gasteiger partial charge < -0.3 is 85.3 Å². The maximum absolute atomic E-state index is 6.84. The molecule has 0 amide bonds. The molecule has 6 atom stereocenters. The highest BCUT2D eigenvalue weighted by Crippen LogP contribution is 2.42. The molecule has 18 heteroatoms. The van der Waals surface area contributed by atoms with Gasteiger partial charge in [0.1, 0.15) is 109 Å². The van der Waals surface area contributed by atoms with Gasteiger partial charge in [-0.1, -0.05) is 72.8 Å². The van der Waals surface area contributed by atoms with Gasteiger partial charge in [0, 0.05) is 56.7 Å². The first-order chi connectivity index (χ1) is 56.3. The zero-order valence-corrected chi connectivity index (χ0v) is 64.8. The standard InChI is InChI=1S/C96H102O18/c1-7-43-97-91(13-1)109-79-31-19-67(20-32-79)61-103-85-52-76(53-86(58-85)104-62-68-21-33-80(34-22-68)110-92-14-2-8-44-98-92)73-49-74(77-54-87(105-63-69-23-35-81(36-24-69)111-93-15-3-9-45-99-93)59-88(55-77)106-64-70-25-37-82(38-26-70)112-94-16-4-10-46-100-94)51-75(50-73)78-56-89(107-65-71-27-39-83(40-28-71)113-95-17-5-11-47-101-95)60-90(57-78)108-66-72-29-41-84(42-30-72)114-96-18-6-12-48-102-96/h19-42,49-60,91-96H,1-18,43-48,61-66H2. The van der Waals surface area contributed by atoms with E-state index in [1.54, 1.807) is 0 Å². The molecule has 18 nitrogen and oxygen atoms in total. The maximum atomic E-state index is 6.84. The number of hydrogen-bond acceptors (Lipinski definition) is 18. The van der Waals surface area contributed by atoms with Crippen molar-refractivity contribution < 1.29 is 85.3 Å². The van der Waals surface area contributed by atoms with Crippen LogP contribution in [0.2, 0.25) is 0 Å². The molecule has 6 fully saturated rings. The normalized spacial score (nSPS) is 19.8. The smallest absolute Gasteiger partial charge is 0.199 e. The first kappa shape index (κ1) is 77.5. The Labute approximate surface area is 668 Å². The summed E-state index contributed by atoms with van der Waals surface area (Å²) in [6, 6.07) is 73.0. The fraction of sp³-hybridized carbons (Fsp3) is 0.375. The molecule has 6 aliphatic rings. The topological polar surface area (TPSA) is 166 Å². The Morgan fingerprint density at radius 1 is 0.175 bits per heavy atom. The highest BCUT2D eigenvalue weighted by Gasteiger charge is 2.23. The third-order valence-electron chi connectivity index (χ3n) is 21.0. The molecule has 10 aromatic carbocycles. The Bertz CT molecular complexity index is 3880. The SMILES string of the molecule is c1cc(OC2CCCCO2)ccc1COc1cc(OCc2ccc(OC3CCCCO3)cc2)cc(-c2cc(-c3cc(OCc4ccc(OC5CCCCO5)cc4)cc(OCc4ccc(OC5CCCCO5)cc4)c3)cc(-c3cc(OCc4ccc(OC5CCCCO5)cc4)cc(OCc4ccc(OC5CCCCO5)cc4)c3)c2)c1. The van der Waals surface area contributed by atoms with Gasteiger partial charge in [-0.05, 0) is 271 Å². The lowest BCUT2D eigenvalue weighted by Crippen LogP contribution is -2.24. The summed E-state index contributed by atoms with van der Waals surface area (Å²) in [6.45, 7) is 5.82. The minimum Gasteiger partial charge on any atom is -0.489 e. The third-order valence-corrected chi connectivity index (χ3v) is 21.0. The Morgan fingerprint density at radius 3 is 0.482 bits per heavy atom. The van der Waals surface area contributed by atoms with Crippen molar-refractivity contribution in [1.29, 1.82) is 0 Å². The molecule has 6 aliphatic heterocycles. The molecule has 0 aliphatic carbocycles. The molecule has 0 bridgehead atoms. The monoisotopic (exact) mass is 1540 g/mol. The van der Waals surface area contributed by atoms with E-state index in [9.17, 15) is 0 Å². The summed E-state index contributed by atoms with van der Waals surface area (Å²) in [7, 11) is 0. The number of benzene rings is 10. The average Bonchev–Trinajstić information content (AvgIpc) is 0.781. The number of hydrogen-bond donors (Lipinski definition) is 0. The van der Waals surface area contributed by atoms with Gasteiger partial charge in [0.15, 0.2) is 37.7 Å². The van der Waals surface area contributed by atoms with Gasteiger partial charge in [-0.25, -0.2) is 0 Å². The molecule has 0 radical (unpaired) electrons. The summed E-state index contributed by atoms with van der Waals surface area (Å²) in [6.07, 6.45) is 16.3. The van der Waals surface area contributed by atoms with Crippen molar-refractivity contribution in [2.45, 2.75) is 193 Å². The molecule has 0 spiro atoms. The van der Waals surface area contributed by atoms with Crippen molar-refractivity contribution in [2.75, 3.05) is 39.6 Å². The van der Waals surface area contributed by atoms with Crippen LogP contribution in [0.5, 0.6) is 69.0 Å². The van der Waals surface area contributed by atoms with Gasteiger partial charge in [0.25, 0.3) is 0 Å². The van der Waals surface area contributed by atoms with E-state index >= 15 is 0 Å². The van der Waals surface area contributed by atoms with E-state index in [0.29, 0.717) is 74.1 Å². The minimum atomic E-state index is -0.258. The maximum Gasteiger partial charge on any atom is 0.199 e. The molecule has 594 valence electrons. The molecule has 10 aromatic rings. The van der Waals surface area contributed by atoms with Crippen LogP contribution in [-0.4, -0.2) is 77.4 Å². The van der Waals surface area contributed by atoms with Crippen molar-refractivity contribution in [3.8, 4) is 102 Å². The van der Waals surface area contributed by atoms with Gasteiger partial charge in [-0.2, -0.15) is 0 Å². The zero-order chi connectivity index (χ0) is 76.7. The Hall–Kier alpha value is -10.4. The Morgan fingerprint density at radius 2 is 0.333 bits per heavy atom. The molecule has 6 heterocycles. The first-order valence-corrected chi connectivity index (χ1v) is 40.9. The molecule has 0 N–H and O–H groups in total. The van der Waals surface area contributed by atoms with E-state index in [4.69, 9.17) is 85.3 Å². The third kappa shape index (κ3) is 22.9. The van der Waals surface area contributed by atoms with Crippen molar-refractivity contribution in [3.63, 3.8) is 0 Å². The molecule has 16 rings (SSSR count). The van der Waals surface area contributed by atoms with Gasteiger partial charge in [-0.3, -0.25) is 0 Å². The molecule has 114 heavy (non-hydrogen) atoms. The van der Waals surface area contributed by atoms with Crippen molar-refractivity contribution in [3.05, 3.63) is 252 Å². The van der Waals surface area contributed by atoms with Gasteiger partial charge in [0.05, 0.1) is 39.6 Å². The quantitative estimate of drug-likeness (QED) is 0.0381. The van der Waals surface area contributed by atoms with Crippen LogP contribution in [0.1, 0.15) is 149 Å². The van der Waals surface area contributed by atoms with Crippen LogP contribution < -0.4 is 56.8 Å². The lowest BCUT2D eigenvalue weighted by atomic mass is 9.92. The highest BCUT2D eigenvalue weighted by atomic mass is 16.7. The first-order valence-electron chi connectivity index (χ1n) is 40.9. The summed E-state index contributed by atoms with van der Waals surface area (Å²) in [5.41, 5.74) is 10.9. The van der Waals surface area contributed by atoms with Crippen molar-refractivity contribution in [1.82, 2.24) is 0 Å². The second kappa shape index (κ2) is 39.5. The van der Waals surface area contributed by atoms with Crippen molar-refractivity contribution >= 4 is 0 Å². The molecule has 6 unspecified atom stereocenters. The van der Waals surface area contributed by atoms with Crippen LogP contribution in [0.3, 0.4) is 0 Å². The predicted octanol–water partition coefficient (Wildman–Crippen LogP) is 21.6. The fourth-order valence-electron chi connectivity index (χ4n) is 14.6. The molecule has 0 saturated carbocycles. The molecular formula is C96H102O18. The Balaban J connectivity index is 0.764. The zero-order valence-electron chi connectivity index (χ0n) is 64.8. The summed E-state index contributed by atoms with van der Waals surface area (Å²) >= 11 is 0. The van der Waals surface area contributed by atoms with E-state index in [1.807, 2.05) is 164 Å². The van der Waals surface area contributed by atoms with Crippen LogP contribution in [-0.2, 0) is 68.1 Å². The number of rotatable bonds is 33. The van der Waals surface area contributed by atoms with Gasteiger partial charge >= 0.3 is 0 Å². The lowest BCUT2D eigenvalue weighted by Gasteiger charge is -2.23. The second-order valence-corrected chi connectivity index (χ2v) is 30.0. The average molecular weight is 1540 g/mol. The highest BCUT2D eigenvalue weighted by molar-refractivity contribution is 5.83. The summed E-state index contributed by atoms with van der Waals surface area (Å²) < 4.78 is 114. The lowest BCUT2D eigenvalue weighted by molar-refractivity contribution is -0.106.